The molecule has 21 heavy (non-hydrogen) atoms. The molecule has 0 spiro atoms. The molecule has 0 amide bonds. The lowest BCUT2D eigenvalue weighted by Gasteiger charge is -2.10. The first-order valence-electron chi connectivity index (χ1n) is 6.54. The molecule has 0 aliphatic heterocycles. The average Bonchev–Trinajstić information content (AvgIpc) is 2.54. The molecule has 2 heterocycles. The van der Waals surface area contributed by atoms with Crippen molar-refractivity contribution in [2.75, 3.05) is 17.7 Å². The number of anilines is 2. The Hall–Kier alpha value is -2.21. The van der Waals surface area contributed by atoms with Crippen LogP contribution in [0.3, 0.4) is 0 Å². The van der Waals surface area contributed by atoms with Gasteiger partial charge in [0.2, 0.25) is 5.95 Å². The van der Waals surface area contributed by atoms with Crippen LogP contribution in [-0.2, 0) is 6.54 Å². The SMILES string of the molecule is CNc1ncc(Br)c(NCc2cccc3cccnc23)n1. The lowest BCUT2D eigenvalue weighted by atomic mass is 10.1. The molecule has 0 saturated carbocycles. The lowest BCUT2D eigenvalue weighted by Crippen LogP contribution is -2.06. The van der Waals surface area contributed by atoms with E-state index in [2.05, 4.69) is 59.7 Å². The molecule has 0 atom stereocenters. The second-order valence-corrected chi connectivity index (χ2v) is 5.34. The van der Waals surface area contributed by atoms with Gasteiger partial charge in [-0.1, -0.05) is 24.3 Å². The van der Waals surface area contributed by atoms with Gasteiger partial charge in [0.05, 0.1) is 9.99 Å². The van der Waals surface area contributed by atoms with E-state index in [0.29, 0.717) is 12.5 Å². The number of rotatable bonds is 4. The standard InChI is InChI=1S/C15H14BrN5/c1-17-15-20-9-12(16)14(21-15)19-8-11-5-2-4-10-6-3-7-18-13(10)11/h2-7,9H,8H2,1H3,(H2,17,19,20,21). The minimum atomic E-state index is 0.580. The Morgan fingerprint density at radius 3 is 2.86 bits per heavy atom. The third-order valence-electron chi connectivity index (χ3n) is 3.13. The summed E-state index contributed by atoms with van der Waals surface area (Å²) in [5.74, 6) is 1.33. The van der Waals surface area contributed by atoms with Crippen molar-refractivity contribution in [1.82, 2.24) is 15.0 Å². The highest BCUT2D eigenvalue weighted by Crippen LogP contribution is 2.22. The van der Waals surface area contributed by atoms with Gasteiger partial charge in [-0.3, -0.25) is 4.98 Å². The van der Waals surface area contributed by atoms with Crippen LogP contribution in [0.1, 0.15) is 5.56 Å². The Balaban J connectivity index is 1.87. The number of nitrogens with one attached hydrogen (secondary N) is 2. The number of para-hydroxylation sites is 1. The van der Waals surface area contributed by atoms with Crippen LogP contribution in [0.2, 0.25) is 0 Å². The van der Waals surface area contributed by atoms with E-state index >= 15 is 0 Å². The fourth-order valence-electron chi connectivity index (χ4n) is 2.10. The summed E-state index contributed by atoms with van der Waals surface area (Å²) in [6, 6.07) is 10.2. The fourth-order valence-corrected chi connectivity index (χ4v) is 2.43. The van der Waals surface area contributed by atoms with Crippen LogP contribution in [0.15, 0.2) is 47.2 Å². The number of hydrogen-bond acceptors (Lipinski definition) is 5. The third kappa shape index (κ3) is 2.95. The lowest BCUT2D eigenvalue weighted by molar-refractivity contribution is 1.07. The Labute approximate surface area is 131 Å². The molecule has 6 heteroatoms. The van der Waals surface area contributed by atoms with E-state index in [4.69, 9.17) is 0 Å². The molecule has 0 unspecified atom stereocenters. The van der Waals surface area contributed by atoms with E-state index < -0.39 is 0 Å². The van der Waals surface area contributed by atoms with Crippen LogP contribution in [0.5, 0.6) is 0 Å². The molecule has 2 aromatic heterocycles. The summed E-state index contributed by atoms with van der Waals surface area (Å²) in [6.45, 7) is 0.646. The zero-order chi connectivity index (χ0) is 14.7. The van der Waals surface area contributed by atoms with Crippen molar-refractivity contribution in [2.45, 2.75) is 6.54 Å². The van der Waals surface area contributed by atoms with E-state index in [9.17, 15) is 0 Å². The molecule has 1 aromatic carbocycles. The molecule has 0 saturated heterocycles. The first kappa shape index (κ1) is 13.8. The minimum Gasteiger partial charge on any atom is -0.365 e. The van der Waals surface area contributed by atoms with Gasteiger partial charge in [-0.15, -0.1) is 0 Å². The number of pyridine rings is 1. The van der Waals surface area contributed by atoms with Gasteiger partial charge in [0.15, 0.2) is 0 Å². The van der Waals surface area contributed by atoms with E-state index in [1.165, 1.54) is 0 Å². The molecule has 5 nitrogen and oxygen atoms in total. The second-order valence-electron chi connectivity index (χ2n) is 4.49. The van der Waals surface area contributed by atoms with E-state index in [1.54, 1.807) is 13.2 Å². The third-order valence-corrected chi connectivity index (χ3v) is 3.71. The van der Waals surface area contributed by atoms with Gasteiger partial charge in [0.1, 0.15) is 5.82 Å². The quantitative estimate of drug-likeness (QED) is 0.759. The first-order valence-corrected chi connectivity index (χ1v) is 7.34. The summed E-state index contributed by atoms with van der Waals surface area (Å²) in [6.07, 6.45) is 3.54. The summed E-state index contributed by atoms with van der Waals surface area (Å²) in [5.41, 5.74) is 2.14. The molecular formula is C15H14BrN5. The molecule has 3 aromatic rings. The highest BCUT2D eigenvalue weighted by Gasteiger charge is 2.06. The molecule has 106 valence electrons. The number of benzene rings is 1. The monoisotopic (exact) mass is 343 g/mol. The van der Waals surface area contributed by atoms with Crippen molar-refractivity contribution in [2.24, 2.45) is 0 Å². The molecule has 0 fully saturated rings. The van der Waals surface area contributed by atoms with Crippen LogP contribution in [0.25, 0.3) is 10.9 Å². The Kier molecular flexibility index (Phi) is 3.96. The van der Waals surface area contributed by atoms with Crippen molar-refractivity contribution in [3.63, 3.8) is 0 Å². The Bertz CT molecular complexity index is 770. The average molecular weight is 344 g/mol. The normalized spacial score (nSPS) is 10.6. The molecule has 0 bridgehead atoms. The molecule has 2 N–H and O–H groups in total. The van der Waals surface area contributed by atoms with Crippen LogP contribution in [-0.4, -0.2) is 22.0 Å². The smallest absolute Gasteiger partial charge is 0.224 e. The number of halogens is 1. The van der Waals surface area contributed by atoms with Crippen molar-refractivity contribution in [3.05, 3.63) is 52.8 Å². The molecule has 0 aliphatic carbocycles. The predicted molar refractivity (Wildman–Crippen MR) is 88.3 cm³/mol. The molecule has 0 radical (unpaired) electrons. The number of aromatic nitrogens is 3. The van der Waals surface area contributed by atoms with Crippen molar-refractivity contribution >= 4 is 38.6 Å². The fraction of sp³-hybridized carbons (Fsp3) is 0.133. The van der Waals surface area contributed by atoms with Gasteiger partial charge in [0, 0.05) is 31.4 Å². The van der Waals surface area contributed by atoms with Gasteiger partial charge in [0.25, 0.3) is 0 Å². The Morgan fingerprint density at radius 2 is 2.00 bits per heavy atom. The van der Waals surface area contributed by atoms with Crippen molar-refractivity contribution in [1.29, 1.82) is 0 Å². The van der Waals surface area contributed by atoms with Gasteiger partial charge < -0.3 is 10.6 Å². The highest BCUT2D eigenvalue weighted by molar-refractivity contribution is 9.10. The predicted octanol–water partition coefficient (Wildman–Crippen LogP) is 3.44. The van der Waals surface area contributed by atoms with Gasteiger partial charge in [-0.25, -0.2) is 4.98 Å². The van der Waals surface area contributed by atoms with Crippen molar-refractivity contribution in [3.8, 4) is 0 Å². The van der Waals surface area contributed by atoms with E-state index in [1.807, 2.05) is 18.3 Å². The number of hydrogen-bond donors (Lipinski definition) is 2. The van der Waals surface area contributed by atoms with Crippen LogP contribution < -0.4 is 10.6 Å². The van der Waals surface area contributed by atoms with E-state index in [0.717, 1.165) is 26.8 Å². The summed E-state index contributed by atoms with van der Waals surface area (Å²) in [5, 5.41) is 7.38. The highest BCUT2D eigenvalue weighted by atomic mass is 79.9. The second kappa shape index (κ2) is 6.05. The van der Waals surface area contributed by atoms with E-state index in [-0.39, 0.29) is 0 Å². The molecule has 0 aliphatic rings. The van der Waals surface area contributed by atoms with Crippen LogP contribution >= 0.6 is 15.9 Å². The summed E-state index contributed by atoms with van der Waals surface area (Å²) in [4.78, 5) is 13.0. The van der Waals surface area contributed by atoms with Gasteiger partial charge in [-0.05, 0) is 27.6 Å². The van der Waals surface area contributed by atoms with Gasteiger partial charge >= 0.3 is 0 Å². The molecular weight excluding hydrogens is 330 g/mol. The first-order chi connectivity index (χ1) is 10.3. The summed E-state index contributed by atoms with van der Waals surface area (Å²) < 4.78 is 0.828. The molecule has 3 rings (SSSR count). The van der Waals surface area contributed by atoms with Crippen molar-refractivity contribution < 1.29 is 0 Å². The maximum absolute atomic E-state index is 4.45. The maximum atomic E-state index is 4.45. The zero-order valence-electron chi connectivity index (χ0n) is 11.5. The van der Waals surface area contributed by atoms with Gasteiger partial charge in [-0.2, -0.15) is 4.98 Å². The zero-order valence-corrected chi connectivity index (χ0v) is 13.1. The van der Waals surface area contributed by atoms with Crippen LogP contribution in [0, 0.1) is 0 Å². The Morgan fingerprint density at radius 1 is 1.14 bits per heavy atom. The largest absolute Gasteiger partial charge is 0.365 e. The maximum Gasteiger partial charge on any atom is 0.224 e. The number of nitrogens with zero attached hydrogens (tertiary/aromatic N) is 3. The minimum absolute atomic E-state index is 0.580. The van der Waals surface area contributed by atoms with Crippen LogP contribution in [0.4, 0.5) is 11.8 Å². The summed E-state index contributed by atoms with van der Waals surface area (Å²) in [7, 11) is 1.79. The topological polar surface area (TPSA) is 62.7 Å². The number of fused-ring (bicyclic) bond motifs is 1. The summed E-state index contributed by atoms with van der Waals surface area (Å²) >= 11 is 3.45.